The lowest BCUT2D eigenvalue weighted by atomic mass is 10.2. The number of rotatable bonds is 0. The lowest BCUT2D eigenvalue weighted by molar-refractivity contribution is -0.794. The summed E-state index contributed by atoms with van der Waals surface area (Å²) in [6.07, 6.45) is 3.93. The summed E-state index contributed by atoms with van der Waals surface area (Å²) in [4.78, 5) is 15.6. The Bertz CT molecular complexity index is 275. The number of aliphatic imine (C=N–C) groups is 1. The fourth-order valence-electron chi connectivity index (χ4n) is 2.48. The molecule has 4 nitrogen and oxygen atoms in total. The third-order valence-electron chi connectivity index (χ3n) is 3.28. The molecule has 0 aromatic carbocycles. The third-order valence-corrected chi connectivity index (χ3v) is 3.28. The van der Waals surface area contributed by atoms with Gasteiger partial charge >= 0.3 is 0 Å². The van der Waals surface area contributed by atoms with Crippen molar-refractivity contribution >= 4 is 11.9 Å². The van der Waals surface area contributed by atoms with Crippen molar-refractivity contribution in [3.8, 4) is 0 Å². The standard InChI is InChI=1S/C10H16N2O2/c13-10(14)12-7-3-1-2-5-9(12)11-6-4-8-12/h1-8H2. The topological polar surface area (TPSA) is 52.5 Å². The van der Waals surface area contributed by atoms with Gasteiger partial charge in [-0.25, -0.2) is 9.48 Å². The molecule has 1 unspecified atom stereocenters. The zero-order valence-electron chi connectivity index (χ0n) is 8.37. The van der Waals surface area contributed by atoms with Crippen LogP contribution in [-0.2, 0) is 0 Å². The lowest BCUT2D eigenvalue weighted by Gasteiger charge is -2.38. The van der Waals surface area contributed by atoms with Crippen molar-refractivity contribution in [2.45, 2.75) is 32.1 Å². The van der Waals surface area contributed by atoms with Crippen molar-refractivity contribution in [3.05, 3.63) is 0 Å². The van der Waals surface area contributed by atoms with Crippen molar-refractivity contribution in [1.29, 1.82) is 0 Å². The lowest BCUT2D eigenvalue weighted by Crippen LogP contribution is -2.63. The summed E-state index contributed by atoms with van der Waals surface area (Å²) in [6, 6.07) is 0. The van der Waals surface area contributed by atoms with Gasteiger partial charge in [-0.3, -0.25) is 0 Å². The predicted octanol–water partition coefficient (Wildman–Crippen LogP) is 0.523. The number of fused-ring (bicyclic) bond motifs is 1. The van der Waals surface area contributed by atoms with E-state index in [9.17, 15) is 9.90 Å². The molecule has 1 amide bonds. The summed E-state index contributed by atoms with van der Waals surface area (Å²) >= 11 is 0. The van der Waals surface area contributed by atoms with Gasteiger partial charge in [-0.2, -0.15) is 0 Å². The van der Waals surface area contributed by atoms with Gasteiger partial charge in [-0.05, 0) is 19.3 Å². The van der Waals surface area contributed by atoms with Gasteiger partial charge < -0.3 is 9.90 Å². The molecule has 0 spiro atoms. The van der Waals surface area contributed by atoms with Crippen molar-refractivity contribution in [2.75, 3.05) is 19.6 Å². The van der Waals surface area contributed by atoms with Gasteiger partial charge in [0.05, 0.1) is 19.6 Å². The first-order valence-corrected chi connectivity index (χ1v) is 5.38. The maximum atomic E-state index is 11.2. The van der Waals surface area contributed by atoms with E-state index in [2.05, 4.69) is 4.99 Å². The number of quaternary nitrogens is 1. The molecule has 0 N–H and O–H groups in total. The highest BCUT2D eigenvalue weighted by atomic mass is 16.4. The van der Waals surface area contributed by atoms with Gasteiger partial charge in [-0.1, -0.05) is 0 Å². The van der Waals surface area contributed by atoms with Gasteiger partial charge in [0.15, 0.2) is 0 Å². The predicted molar refractivity (Wildman–Crippen MR) is 50.8 cm³/mol. The molecule has 2 rings (SSSR count). The van der Waals surface area contributed by atoms with Crippen LogP contribution in [0.25, 0.3) is 0 Å². The Morgan fingerprint density at radius 1 is 1.21 bits per heavy atom. The summed E-state index contributed by atoms with van der Waals surface area (Å²) in [5.74, 6) is 0.855. The maximum absolute atomic E-state index is 11.2. The zero-order chi connectivity index (χ0) is 10.0. The SMILES string of the molecule is O=C([O-])[N+]12CCCCCC1=NCCC2. The van der Waals surface area contributed by atoms with Crippen LogP contribution in [0.1, 0.15) is 32.1 Å². The smallest absolute Gasteiger partial charge is 0.263 e. The van der Waals surface area contributed by atoms with Crippen LogP contribution in [0.2, 0.25) is 0 Å². The van der Waals surface area contributed by atoms with E-state index in [0.29, 0.717) is 13.1 Å². The average Bonchev–Trinajstić information content (AvgIpc) is 2.40. The van der Waals surface area contributed by atoms with Crippen molar-refractivity contribution in [1.82, 2.24) is 0 Å². The number of amides is 1. The highest BCUT2D eigenvalue weighted by Crippen LogP contribution is 2.24. The number of hydrogen-bond donors (Lipinski definition) is 0. The number of nitrogens with zero attached hydrogens (tertiary/aromatic N) is 2. The molecule has 1 saturated heterocycles. The molecule has 2 heterocycles. The van der Waals surface area contributed by atoms with Gasteiger partial charge in [0.25, 0.3) is 6.09 Å². The molecule has 0 bridgehead atoms. The van der Waals surface area contributed by atoms with Crippen LogP contribution in [0.15, 0.2) is 4.99 Å². The fourth-order valence-corrected chi connectivity index (χ4v) is 2.48. The number of carboxylic acid groups (broad SMARTS) is 1. The molecule has 2 aliphatic rings. The Balaban J connectivity index is 2.34. The summed E-state index contributed by atoms with van der Waals surface area (Å²) in [5, 5.41) is 11.2. The van der Waals surface area contributed by atoms with Crippen LogP contribution in [0.4, 0.5) is 4.79 Å². The van der Waals surface area contributed by atoms with Crippen LogP contribution in [0.3, 0.4) is 0 Å². The Morgan fingerprint density at radius 3 is 2.79 bits per heavy atom. The second kappa shape index (κ2) is 3.69. The molecule has 0 aliphatic carbocycles. The summed E-state index contributed by atoms with van der Waals surface area (Å²) in [7, 11) is 0. The first-order valence-electron chi connectivity index (χ1n) is 5.38. The first-order chi connectivity index (χ1) is 6.76. The van der Waals surface area contributed by atoms with E-state index < -0.39 is 6.09 Å². The molecular weight excluding hydrogens is 180 g/mol. The molecule has 0 aromatic rings. The molecule has 0 saturated carbocycles. The Morgan fingerprint density at radius 2 is 2.00 bits per heavy atom. The van der Waals surface area contributed by atoms with Gasteiger partial charge in [0.1, 0.15) is 0 Å². The molecule has 2 aliphatic heterocycles. The molecule has 1 atom stereocenters. The highest BCUT2D eigenvalue weighted by molar-refractivity contribution is 5.84. The van der Waals surface area contributed by atoms with Gasteiger partial charge in [0.2, 0.25) is 5.84 Å². The van der Waals surface area contributed by atoms with E-state index in [1.54, 1.807) is 0 Å². The number of hydrogen-bond acceptors (Lipinski definition) is 3. The Hall–Kier alpha value is -0.900. The Labute approximate surface area is 83.8 Å². The first kappa shape index (κ1) is 9.65. The zero-order valence-corrected chi connectivity index (χ0v) is 8.37. The van der Waals surface area contributed by atoms with E-state index in [1.165, 1.54) is 0 Å². The van der Waals surface area contributed by atoms with Crippen molar-refractivity contribution in [3.63, 3.8) is 0 Å². The van der Waals surface area contributed by atoms with Crippen molar-refractivity contribution in [2.24, 2.45) is 4.99 Å². The summed E-state index contributed by atoms with van der Waals surface area (Å²) < 4.78 is 0.0278. The van der Waals surface area contributed by atoms with E-state index >= 15 is 0 Å². The quantitative estimate of drug-likeness (QED) is 0.530. The fraction of sp³-hybridized carbons (Fsp3) is 0.800. The van der Waals surface area contributed by atoms with Gasteiger partial charge in [0, 0.05) is 12.8 Å². The average molecular weight is 196 g/mol. The monoisotopic (exact) mass is 196 g/mol. The van der Waals surface area contributed by atoms with Crippen LogP contribution in [0, 0.1) is 0 Å². The molecular formula is C10H16N2O2. The molecule has 0 aromatic heterocycles. The third kappa shape index (κ3) is 1.43. The number of amidine groups is 1. The van der Waals surface area contributed by atoms with Gasteiger partial charge in [-0.15, -0.1) is 0 Å². The molecule has 78 valence electrons. The second-order valence-electron chi connectivity index (χ2n) is 4.14. The minimum atomic E-state index is -0.953. The molecule has 1 fully saturated rings. The van der Waals surface area contributed by atoms with E-state index in [4.69, 9.17) is 0 Å². The molecule has 14 heavy (non-hydrogen) atoms. The second-order valence-corrected chi connectivity index (χ2v) is 4.14. The molecule has 0 radical (unpaired) electrons. The van der Waals surface area contributed by atoms with Crippen LogP contribution >= 0.6 is 0 Å². The van der Waals surface area contributed by atoms with Crippen LogP contribution in [0.5, 0.6) is 0 Å². The summed E-state index contributed by atoms with van der Waals surface area (Å²) in [6.45, 7) is 2.16. The van der Waals surface area contributed by atoms with E-state index in [1.807, 2.05) is 0 Å². The van der Waals surface area contributed by atoms with E-state index in [-0.39, 0.29) is 4.48 Å². The van der Waals surface area contributed by atoms with Crippen LogP contribution in [-0.4, -0.2) is 36.0 Å². The highest BCUT2D eigenvalue weighted by Gasteiger charge is 2.39. The normalized spacial score (nSPS) is 32.7. The maximum Gasteiger partial charge on any atom is 0.263 e. The number of carbonyl (C=O) groups excluding carboxylic acids is 1. The summed E-state index contributed by atoms with van der Waals surface area (Å²) in [5.41, 5.74) is 0. The number of carbonyl (C=O) groups is 1. The van der Waals surface area contributed by atoms with E-state index in [0.717, 1.165) is 44.5 Å². The largest absolute Gasteiger partial charge is 0.498 e. The van der Waals surface area contributed by atoms with Crippen LogP contribution < -0.4 is 5.11 Å². The minimum absolute atomic E-state index is 0.0278. The Kier molecular flexibility index (Phi) is 2.54. The minimum Gasteiger partial charge on any atom is -0.498 e. The van der Waals surface area contributed by atoms with Crippen molar-refractivity contribution < 1.29 is 14.4 Å². The molecule has 4 heteroatoms.